The number of benzene rings is 2. The molecule has 2 aromatic carbocycles. The minimum atomic E-state index is -0.0461. The Morgan fingerprint density at radius 1 is 1.21 bits per heavy atom. The highest BCUT2D eigenvalue weighted by Crippen LogP contribution is 2.34. The number of thiophene rings is 1. The van der Waals surface area contributed by atoms with Gasteiger partial charge in [0.1, 0.15) is 5.75 Å². The second-order valence-corrected chi connectivity index (χ2v) is 7.48. The van der Waals surface area contributed by atoms with Crippen LogP contribution in [0.15, 0.2) is 60.1 Å². The Balaban J connectivity index is 1.60. The van der Waals surface area contributed by atoms with Crippen LogP contribution in [0.25, 0.3) is 21.3 Å². The van der Waals surface area contributed by atoms with Crippen LogP contribution in [0.1, 0.15) is 22.8 Å². The molecule has 142 valence electrons. The molecule has 1 amide bonds. The first kappa shape index (κ1) is 18.3. The maximum Gasteiger partial charge on any atom is 0.254 e. The van der Waals surface area contributed by atoms with Gasteiger partial charge in [-0.2, -0.15) is 5.10 Å². The molecule has 28 heavy (non-hydrogen) atoms. The lowest BCUT2D eigenvalue weighted by atomic mass is 10.1. The highest BCUT2D eigenvalue weighted by atomic mass is 32.1. The normalized spacial score (nSPS) is 10.9. The zero-order valence-electron chi connectivity index (χ0n) is 15.8. The summed E-state index contributed by atoms with van der Waals surface area (Å²) in [4.78, 5) is 15.9. The number of ether oxygens (including phenoxy) is 1. The van der Waals surface area contributed by atoms with Crippen molar-refractivity contribution in [3.05, 3.63) is 71.2 Å². The lowest BCUT2D eigenvalue weighted by Gasteiger charge is -2.19. The summed E-state index contributed by atoms with van der Waals surface area (Å²) in [6.45, 7) is 2.99. The summed E-state index contributed by atoms with van der Waals surface area (Å²) >= 11 is 1.66. The highest BCUT2D eigenvalue weighted by Gasteiger charge is 2.17. The van der Waals surface area contributed by atoms with Crippen molar-refractivity contribution in [1.82, 2.24) is 15.1 Å². The number of hydrogen-bond acceptors (Lipinski definition) is 4. The number of rotatable bonds is 6. The van der Waals surface area contributed by atoms with E-state index in [0.29, 0.717) is 18.7 Å². The van der Waals surface area contributed by atoms with E-state index in [2.05, 4.69) is 16.3 Å². The van der Waals surface area contributed by atoms with E-state index < -0.39 is 0 Å². The van der Waals surface area contributed by atoms with Gasteiger partial charge in [0, 0.05) is 35.0 Å². The summed E-state index contributed by atoms with van der Waals surface area (Å²) in [6.07, 6.45) is 1.79. The highest BCUT2D eigenvalue weighted by molar-refractivity contribution is 7.13. The van der Waals surface area contributed by atoms with Gasteiger partial charge in [-0.05, 0) is 42.1 Å². The quantitative estimate of drug-likeness (QED) is 0.505. The van der Waals surface area contributed by atoms with Gasteiger partial charge in [0.15, 0.2) is 0 Å². The number of aromatic nitrogens is 2. The first-order valence-electron chi connectivity index (χ1n) is 9.14. The van der Waals surface area contributed by atoms with Crippen LogP contribution in [-0.2, 0) is 6.54 Å². The van der Waals surface area contributed by atoms with Crippen molar-refractivity contribution >= 4 is 28.1 Å². The van der Waals surface area contributed by atoms with Crippen molar-refractivity contribution in [3.63, 3.8) is 0 Å². The average Bonchev–Trinajstić information content (AvgIpc) is 3.40. The van der Waals surface area contributed by atoms with Gasteiger partial charge < -0.3 is 9.64 Å². The molecule has 0 bridgehead atoms. The summed E-state index contributed by atoms with van der Waals surface area (Å²) < 4.78 is 5.82. The second-order valence-electron chi connectivity index (χ2n) is 6.53. The van der Waals surface area contributed by atoms with Gasteiger partial charge in [0.05, 0.1) is 18.3 Å². The number of fused-ring (bicyclic) bond motifs is 1. The molecule has 0 aliphatic heterocycles. The molecule has 4 aromatic rings. The number of nitrogens with one attached hydrogen (secondary N) is 1. The van der Waals surface area contributed by atoms with Crippen LogP contribution in [-0.4, -0.2) is 34.7 Å². The summed E-state index contributed by atoms with van der Waals surface area (Å²) in [6, 6.07) is 15.7. The number of carbonyl (C=O) groups is 1. The third-order valence-corrected chi connectivity index (χ3v) is 5.54. The van der Waals surface area contributed by atoms with E-state index in [9.17, 15) is 4.79 Å². The number of carbonyl (C=O) groups excluding carboxylic acids is 1. The molecule has 0 fully saturated rings. The van der Waals surface area contributed by atoms with E-state index in [1.165, 1.54) is 0 Å². The Labute approximate surface area is 167 Å². The largest absolute Gasteiger partial charge is 0.493 e. The Kier molecular flexibility index (Phi) is 5.12. The molecular weight excluding hydrogens is 370 g/mol. The lowest BCUT2D eigenvalue weighted by Crippen LogP contribution is -2.26. The fourth-order valence-corrected chi connectivity index (χ4v) is 4.03. The molecule has 2 heterocycles. The predicted octanol–water partition coefficient (Wildman–Crippen LogP) is 4.96. The average molecular weight is 391 g/mol. The number of aromatic amines is 1. The number of para-hydroxylation sites is 1. The van der Waals surface area contributed by atoms with Gasteiger partial charge in [0.2, 0.25) is 0 Å². The van der Waals surface area contributed by atoms with Crippen LogP contribution in [0.5, 0.6) is 5.75 Å². The van der Waals surface area contributed by atoms with Crippen molar-refractivity contribution in [1.29, 1.82) is 0 Å². The predicted molar refractivity (Wildman–Crippen MR) is 113 cm³/mol. The summed E-state index contributed by atoms with van der Waals surface area (Å²) in [5.74, 6) is 0.690. The molecule has 0 atom stereocenters. The minimum absolute atomic E-state index is 0.0461. The standard InChI is InChI=1S/C22H21N3O2S/c1-3-27-19-12-15(9-10-18(19)20-8-5-11-28-20)22(26)25(2)14-17-7-4-6-16-13-23-24-21(16)17/h4-13H,3,14H2,1-2H3,(H,23,24). The van der Waals surface area contributed by atoms with Crippen LogP contribution in [0.3, 0.4) is 0 Å². The lowest BCUT2D eigenvalue weighted by molar-refractivity contribution is 0.0785. The third-order valence-electron chi connectivity index (χ3n) is 4.63. The Bertz CT molecular complexity index is 1100. The third kappa shape index (κ3) is 3.51. The van der Waals surface area contributed by atoms with E-state index in [-0.39, 0.29) is 5.91 Å². The molecule has 1 N–H and O–H groups in total. The van der Waals surface area contributed by atoms with Crippen molar-refractivity contribution in [3.8, 4) is 16.2 Å². The zero-order valence-corrected chi connectivity index (χ0v) is 16.6. The van der Waals surface area contributed by atoms with Crippen molar-refractivity contribution in [2.75, 3.05) is 13.7 Å². The van der Waals surface area contributed by atoms with Gasteiger partial charge >= 0.3 is 0 Å². The fourth-order valence-electron chi connectivity index (χ4n) is 3.28. The van der Waals surface area contributed by atoms with E-state index in [4.69, 9.17) is 4.74 Å². The molecule has 0 saturated carbocycles. The topological polar surface area (TPSA) is 58.2 Å². The molecule has 0 aliphatic carbocycles. The van der Waals surface area contributed by atoms with Gasteiger partial charge in [-0.15, -0.1) is 11.3 Å². The number of amides is 1. The van der Waals surface area contributed by atoms with Gasteiger partial charge in [0.25, 0.3) is 5.91 Å². The van der Waals surface area contributed by atoms with Crippen LogP contribution in [0.4, 0.5) is 0 Å². The van der Waals surface area contributed by atoms with Crippen LogP contribution in [0, 0.1) is 0 Å². The molecule has 0 saturated heterocycles. The number of nitrogens with zero attached hydrogens (tertiary/aromatic N) is 2. The van der Waals surface area contributed by atoms with Gasteiger partial charge in [-0.3, -0.25) is 9.89 Å². The van der Waals surface area contributed by atoms with E-state index in [0.717, 1.165) is 32.7 Å². The maximum absolute atomic E-state index is 13.0. The van der Waals surface area contributed by atoms with Crippen LogP contribution < -0.4 is 4.74 Å². The summed E-state index contributed by atoms with van der Waals surface area (Å²) in [5, 5.41) is 10.2. The monoisotopic (exact) mass is 391 g/mol. The SMILES string of the molecule is CCOc1cc(C(=O)N(C)Cc2cccc3cn[nH]c23)ccc1-c1cccs1. The number of hydrogen-bond donors (Lipinski definition) is 1. The molecule has 6 heteroatoms. The van der Waals surface area contributed by atoms with Crippen molar-refractivity contribution in [2.24, 2.45) is 0 Å². The molecule has 2 aromatic heterocycles. The van der Waals surface area contributed by atoms with E-state index in [1.807, 2.05) is 61.8 Å². The molecule has 0 unspecified atom stereocenters. The first-order valence-corrected chi connectivity index (χ1v) is 10.0. The Morgan fingerprint density at radius 3 is 2.89 bits per heavy atom. The van der Waals surface area contributed by atoms with Crippen molar-refractivity contribution in [2.45, 2.75) is 13.5 Å². The fraction of sp³-hybridized carbons (Fsp3) is 0.182. The van der Waals surface area contributed by atoms with E-state index >= 15 is 0 Å². The Hall–Kier alpha value is -3.12. The smallest absolute Gasteiger partial charge is 0.254 e. The molecule has 0 aliphatic rings. The molecular formula is C22H21N3O2S. The van der Waals surface area contributed by atoms with Crippen LogP contribution >= 0.6 is 11.3 Å². The zero-order chi connectivity index (χ0) is 19.5. The number of H-pyrrole nitrogens is 1. The van der Waals surface area contributed by atoms with Gasteiger partial charge in [-0.1, -0.05) is 24.3 Å². The second kappa shape index (κ2) is 7.86. The summed E-state index contributed by atoms with van der Waals surface area (Å²) in [7, 11) is 1.81. The molecule has 5 nitrogen and oxygen atoms in total. The van der Waals surface area contributed by atoms with E-state index in [1.54, 1.807) is 22.4 Å². The van der Waals surface area contributed by atoms with Gasteiger partial charge in [-0.25, -0.2) is 0 Å². The summed E-state index contributed by atoms with van der Waals surface area (Å²) in [5.41, 5.74) is 3.62. The minimum Gasteiger partial charge on any atom is -0.493 e. The molecule has 4 rings (SSSR count). The van der Waals surface area contributed by atoms with Crippen LogP contribution in [0.2, 0.25) is 0 Å². The Morgan fingerprint density at radius 2 is 2.11 bits per heavy atom. The molecule has 0 spiro atoms. The maximum atomic E-state index is 13.0. The van der Waals surface area contributed by atoms with Crippen molar-refractivity contribution < 1.29 is 9.53 Å². The first-order chi connectivity index (χ1) is 13.7. The molecule has 0 radical (unpaired) electrons.